The Kier molecular flexibility index (Phi) is 8.49. The highest BCUT2D eigenvalue weighted by atomic mass is 35.5. The van der Waals surface area contributed by atoms with Crippen LogP contribution in [0.3, 0.4) is 0 Å². The predicted molar refractivity (Wildman–Crippen MR) is 201 cm³/mol. The minimum atomic E-state index is -2.35. The average molecular weight is 765 g/mol. The molecule has 52 heavy (non-hydrogen) atoms. The average Bonchev–Trinajstić information content (AvgIpc) is 3.74. The number of halogens is 3. The van der Waals surface area contributed by atoms with Crippen molar-refractivity contribution in [2.45, 2.75) is 43.4 Å². The van der Waals surface area contributed by atoms with Crippen LogP contribution in [-0.4, -0.2) is 77.2 Å². The normalized spacial score (nSPS) is 20.9. The number of ether oxygens (including phenoxy) is 2. The van der Waals surface area contributed by atoms with E-state index in [1.807, 2.05) is 37.3 Å². The van der Waals surface area contributed by atoms with E-state index in [-0.39, 0.29) is 89.9 Å². The largest absolute Gasteiger partial charge is 0.489 e. The topological polar surface area (TPSA) is 157 Å². The lowest BCUT2D eigenvalue weighted by Crippen LogP contribution is -2.43. The van der Waals surface area contributed by atoms with Crippen LogP contribution in [0.25, 0.3) is 32.1 Å². The first kappa shape index (κ1) is 34.8. The Balaban J connectivity index is 1.33. The Hall–Kier alpha value is -4.28. The van der Waals surface area contributed by atoms with E-state index in [9.17, 15) is 9.83 Å². The van der Waals surface area contributed by atoms with Gasteiger partial charge in [-0.15, -0.1) is 11.3 Å². The number of rotatable bonds is 7. The summed E-state index contributed by atoms with van der Waals surface area (Å²) in [7, 11) is -2.35. The Bertz CT molecular complexity index is 2380. The third-order valence-electron chi connectivity index (χ3n) is 10.9. The second-order valence-corrected chi connectivity index (χ2v) is 19.2. The molecule has 8 rings (SSSR count). The van der Waals surface area contributed by atoms with E-state index in [2.05, 4.69) is 14.9 Å². The smallest absolute Gasteiger partial charge is 0.319 e. The second kappa shape index (κ2) is 12.7. The van der Waals surface area contributed by atoms with Gasteiger partial charge in [0.05, 0.1) is 45.9 Å². The molecule has 0 bridgehead atoms. The molecule has 270 valence electrons. The Morgan fingerprint density at radius 1 is 1.23 bits per heavy atom. The molecule has 0 radical (unpaired) electrons. The quantitative estimate of drug-likeness (QED) is 0.159. The maximum Gasteiger partial charge on any atom is 0.319 e. The number of nitrogen functional groups attached to an aromatic ring is 2. The van der Waals surface area contributed by atoms with E-state index < -0.39 is 18.8 Å². The monoisotopic (exact) mass is 764 g/mol. The first-order valence-electron chi connectivity index (χ1n) is 17.0. The number of hydrogen-bond donors (Lipinski definition) is 2. The van der Waals surface area contributed by atoms with Crippen molar-refractivity contribution in [3.63, 3.8) is 0 Å². The Morgan fingerprint density at radius 3 is 2.79 bits per heavy atom. The van der Waals surface area contributed by atoms with Gasteiger partial charge in [0.2, 0.25) is 0 Å². The lowest BCUT2D eigenvalue weighted by molar-refractivity contribution is 0.108. The van der Waals surface area contributed by atoms with E-state index in [0.29, 0.717) is 18.2 Å². The van der Waals surface area contributed by atoms with Gasteiger partial charge in [-0.25, -0.2) is 13.8 Å². The van der Waals surface area contributed by atoms with Crippen molar-refractivity contribution in [2.75, 3.05) is 62.5 Å². The summed E-state index contributed by atoms with van der Waals surface area (Å²) >= 11 is 7.99. The minimum Gasteiger partial charge on any atom is -0.489 e. The van der Waals surface area contributed by atoms with Crippen LogP contribution in [0.1, 0.15) is 43.4 Å². The molecule has 0 amide bonds. The third-order valence-corrected chi connectivity index (χ3v) is 14.4. The van der Waals surface area contributed by atoms with Crippen molar-refractivity contribution in [1.82, 2.24) is 19.9 Å². The van der Waals surface area contributed by atoms with E-state index in [4.69, 9.17) is 37.5 Å². The number of benzene rings is 2. The molecule has 0 unspecified atom stereocenters. The molecule has 5 aromatic rings. The van der Waals surface area contributed by atoms with Crippen molar-refractivity contribution in [2.24, 2.45) is 0 Å². The maximum absolute atomic E-state index is 17.4. The van der Waals surface area contributed by atoms with Crippen LogP contribution >= 0.6 is 30.1 Å². The zero-order valence-corrected chi connectivity index (χ0v) is 31.2. The van der Waals surface area contributed by atoms with Gasteiger partial charge in [-0.1, -0.05) is 23.7 Å². The number of aromatic nitrogens is 3. The first-order chi connectivity index (χ1) is 24.8. The molecule has 16 heteroatoms. The van der Waals surface area contributed by atoms with Gasteiger partial charge in [0, 0.05) is 34.9 Å². The molecule has 2 saturated heterocycles. The van der Waals surface area contributed by atoms with Crippen LogP contribution in [0.15, 0.2) is 30.5 Å². The molecule has 3 aromatic heterocycles. The second-order valence-electron chi connectivity index (χ2n) is 14.2. The number of nitrogens with zero attached hydrogens (tertiary/aromatic N) is 6. The van der Waals surface area contributed by atoms with Crippen LogP contribution in [0.4, 0.5) is 25.4 Å². The molecular weight excluding hydrogens is 729 g/mol. The summed E-state index contributed by atoms with van der Waals surface area (Å²) in [5.41, 5.74) is 12.9. The Morgan fingerprint density at radius 2 is 2.04 bits per heavy atom. The number of anilines is 3. The molecule has 3 aliphatic rings. The van der Waals surface area contributed by atoms with Gasteiger partial charge in [0.1, 0.15) is 47.3 Å². The van der Waals surface area contributed by atoms with Crippen molar-refractivity contribution >= 4 is 67.7 Å². The van der Waals surface area contributed by atoms with E-state index in [1.54, 1.807) is 12.3 Å². The summed E-state index contributed by atoms with van der Waals surface area (Å²) in [6.45, 7) is 7.90. The van der Waals surface area contributed by atoms with Gasteiger partial charge in [0.15, 0.2) is 11.6 Å². The maximum atomic E-state index is 17.4. The van der Waals surface area contributed by atoms with Crippen molar-refractivity contribution < 1.29 is 22.8 Å². The molecule has 0 saturated carbocycles. The van der Waals surface area contributed by atoms with Gasteiger partial charge < -0.3 is 30.4 Å². The zero-order chi connectivity index (χ0) is 36.7. The molecule has 2 fully saturated rings. The van der Waals surface area contributed by atoms with Gasteiger partial charge in [-0.2, -0.15) is 15.2 Å². The summed E-state index contributed by atoms with van der Waals surface area (Å²) in [5.74, 6) is -0.610. The highest BCUT2D eigenvalue weighted by molar-refractivity contribution is 7.63. The number of thiophene rings is 1. The predicted octanol–water partition coefficient (Wildman–Crippen LogP) is 7.44. The zero-order valence-electron chi connectivity index (χ0n) is 28.8. The van der Waals surface area contributed by atoms with Crippen molar-refractivity contribution in [3.8, 4) is 29.0 Å². The summed E-state index contributed by atoms with van der Waals surface area (Å²) in [6, 6.07) is 7.85. The van der Waals surface area contributed by atoms with Crippen LogP contribution in [0.5, 0.6) is 11.8 Å². The number of hydrogen-bond acceptors (Lipinski definition) is 12. The molecular formula is C36H36ClF2N8O3PS. The first-order valence-corrected chi connectivity index (χ1v) is 20.9. The fourth-order valence-electron chi connectivity index (χ4n) is 8.17. The van der Waals surface area contributed by atoms with Crippen molar-refractivity contribution in [3.05, 3.63) is 58.2 Å². The summed E-state index contributed by atoms with van der Waals surface area (Å²) < 4.78 is 58.5. The third kappa shape index (κ3) is 5.43. The van der Waals surface area contributed by atoms with Gasteiger partial charge >= 0.3 is 6.01 Å². The fraction of sp³-hybridized carbons (Fsp3) is 0.389. The van der Waals surface area contributed by atoms with Crippen LogP contribution in [0, 0.1) is 23.0 Å². The fourth-order valence-corrected chi connectivity index (χ4v) is 10.8. The standard InChI is InChI=1S/C36H36ClF2N8O3PS/c1-18(20-6-4-10-43-32(20)41)47-12-13-49-30-26-29(28(39)25(27(30)37)21-7-8-23(38)31-24(21)22(15-40)33(42)52-31)44-35(45-34(26)47)50-17-36-9-5-11-46(36)16-19(14-36)51(2,3)48/h4,6-8,10,18-19H,5,9,11-14,16-17,42H2,1-3H3,(H2,41,43)/t18-,19-,36+/m1/s1. The van der Waals surface area contributed by atoms with Crippen LogP contribution in [0.2, 0.25) is 5.02 Å². The number of nitriles is 1. The molecule has 3 atom stereocenters. The number of nitrogens with two attached hydrogens (primary N) is 2. The van der Waals surface area contributed by atoms with Gasteiger partial charge in [-0.05, 0) is 63.8 Å². The highest BCUT2D eigenvalue weighted by Gasteiger charge is 2.51. The summed E-state index contributed by atoms with van der Waals surface area (Å²) in [6.07, 6.45) is 4.18. The molecule has 11 nitrogen and oxygen atoms in total. The molecule has 2 aromatic carbocycles. The van der Waals surface area contributed by atoms with Gasteiger partial charge in [0.25, 0.3) is 0 Å². The Labute approximate surface area is 307 Å². The van der Waals surface area contributed by atoms with Crippen LogP contribution < -0.4 is 25.8 Å². The number of fused-ring (bicyclic) bond motifs is 2. The summed E-state index contributed by atoms with van der Waals surface area (Å²) in [4.78, 5) is 18.2. The summed E-state index contributed by atoms with van der Waals surface area (Å²) in [5, 5.41) is 10.4. The van der Waals surface area contributed by atoms with Crippen LogP contribution in [-0.2, 0) is 4.57 Å². The molecule has 3 aliphatic heterocycles. The molecule has 0 aliphatic carbocycles. The van der Waals surface area contributed by atoms with E-state index >= 15 is 8.78 Å². The lowest BCUT2D eigenvalue weighted by Gasteiger charge is -2.32. The lowest BCUT2D eigenvalue weighted by atomic mass is 9.95. The van der Waals surface area contributed by atoms with E-state index in [0.717, 1.165) is 49.3 Å². The minimum absolute atomic E-state index is 0.0252. The van der Waals surface area contributed by atoms with E-state index in [1.165, 1.54) is 12.1 Å². The molecule has 0 spiro atoms. The molecule has 6 heterocycles. The van der Waals surface area contributed by atoms with Crippen molar-refractivity contribution in [1.29, 1.82) is 5.26 Å². The molecule has 4 N–H and O–H groups in total. The highest BCUT2D eigenvalue weighted by Crippen LogP contribution is 2.54. The SMILES string of the molecule is C[C@H](c1cccnc1N)N1CCOc2c(Cl)c(-c3ccc(F)c4sc(N)c(C#N)c34)c(F)c3nc(OC[C@@]45CCCN4C[C@H](P(C)(C)=O)C5)nc1c23. The number of pyridine rings is 1. The van der Waals surface area contributed by atoms with Gasteiger partial charge in [-0.3, -0.25) is 4.90 Å².